The summed E-state index contributed by atoms with van der Waals surface area (Å²) in [6.07, 6.45) is 1.54. The Morgan fingerprint density at radius 2 is 2.22 bits per heavy atom. The number of anilines is 1. The maximum Gasteiger partial charge on any atom is 0.341 e. The number of hydrogen-bond donors (Lipinski definition) is 1. The zero-order valence-electron chi connectivity index (χ0n) is 9.75. The van der Waals surface area contributed by atoms with Gasteiger partial charge in [0.25, 0.3) is 0 Å². The predicted octanol–water partition coefficient (Wildman–Crippen LogP) is 3.43. The van der Waals surface area contributed by atoms with E-state index in [2.05, 4.69) is 48.8 Å². The monoisotopic (exact) mass is 420 g/mol. The minimum Gasteiger partial charge on any atom is -0.465 e. The van der Waals surface area contributed by atoms with E-state index in [4.69, 9.17) is 4.74 Å². The van der Waals surface area contributed by atoms with E-state index in [1.54, 1.807) is 7.05 Å². The van der Waals surface area contributed by atoms with E-state index in [-0.39, 0.29) is 0 Å². The minimum absolute atomic E-state index is 0.403. The molecule has 0 spiro atoms. The third kappa shape index (κ3) is 2.18. The molecule has 0 atom stereocenters. The Morgan fingerprint density at radius 1 is 1.50 bits per heavy atom. The third-order valence-corrected chi connectivity index (χ3v) is 4.11. The summed E-state index contributed by atoms with van der Waals surface area (Å²) in [5, 5.41) is 3.93. The molecule has 1 aromatic carbocycles. The number of carbonyl (C=O) groups excluding carboxylic acids is 1. The third-order valence-electron chi connectivity index (χ3n) is 2.58. The summed E-state index contributed by atoms with van der Waals surface area (Å²) >= 11 is 5.71. The largest absolute Gasteiger partial charge is 0.465 e. The maximum atomic E-state index is 11.7. The minimum atomic E-state index is -0.403. The van der Waals surface area contributed by atoms with Crippen molar-refractivity contribution in [3.8, 4) is 0 Å². The van der Waals surface area contributed by atoms with Crippen LogP contribution >= 0.6 is 38.5 Å². The van der Waals surface area contributed by atoms with Crippen molar-refractivity contribution in [1.82, 2.24) is 4.98 Å². The fourth-order valence-electron chi connectivity index (χ4n) is 1.76. The number of halogens is 2. The molecule has 94 valence electrons. The number of ether oxygens (including phenoxy) is 1. The Morgan fingerprint density at radius 3 is 2.83 bits per heavy atom. The lowest BCUT2D eigenvalue weighted by molar-refractivity contribution is 0.0601. The number of pyridine rings is 1. The van der Waals surface area contributed by atoms with E-state index in [0.717, 1.165) is 24.6 Å². The molecule has 0 aliphatic heterocycles. The summed E-state index contributed by atoms with van der Waals surface area (Å²) in [7, 11) is 3.13. The van der Waals surface area contributed by atoms with Gasteiger partial charge in [-0.05, 0) is 34.7 Å². The van der Waals surface area contributed by atoms with Crippen LogP contribution in [0.1, 0.15) is 10.4 Å². The normalized spacial score (nSPS) is 10.4. The number of nitrogens with one attached hydrogen (secondary N) is 1. The lowest BCUT2D eigenvalue weighted by Crippen LogP contribution is -2.07. The molecule has 1 N–H and O–H groups in total. The molecule has 0 aliphatic carbocycles. The Hall–Kier alpha value is -0.890. The highest BCUT2D eigenvalue weighted by atomic mass is 127. The van der Waals surface area contributed by atoms with E-state index in [1.165, 1.54) is 13.3 Å². The van der Waals surface area contributed by atoms with Gasteiger partial charge in [0.2, 0.25) is 0 Å². The first-order valence-corrected chi connectivity index (χ1v) is 7.00. The Kier molecular flexibility index (Phi) is 4.06. The lowest BCUT2D eigenvalue weighted by atomic mass is 10.1. The van der Waals surface area contributed by atoms with Crippen molar-refractivity contribution in [2.24, 2.45) is 0 Å². The highest BCUT2D eigenvalue weighted by Gasteiger charge is 2.17. The van der Waals surface area contributed by atoms with Gasteiger partial charge in [-0.25, -0.2) is 4.79 Å². The average Bonchev–Trinajstić information content (AvgIpc) is 2.40. The van der Waals surface area contributed by atoms with Crippen molar-refractivity contribution in [3.05, 3.63) is 31.9 Å². The number of fused-ring (bicyclic) bond motifs is 1. The van der Waals surface area contributed by atoms with Crippen LogP contribution in [0.2, 0.25) is 0 Å². The van der Waals surface area contributed by atoms with Crippen LogP contribution < -0.4 is 5.32 Å². The Labute approximate surface area is 126 Å². The molecule has 2 rings (SSSR count). The van der Waals surface area contributed by atoms with E-state index < -0.39 is 5.97 Å². The molecule has 18 heavy (non-hydrogen) atoms. The molecule has 0 bridgehead atoms. The number of benzene rings is 1. The number of aromatic nitrogens is 1. The quantitative estimate of drug-likeness (QED) is 0.597. The molecule has 0 unspecified atom stereocenters. The number of carbonyl (C=O) groups is 1. The molecular formula is C12H10BrIN2O2. The van der Waals surface area contributed by atoms with Gasteiger partial charge in [0, 0.05) is 26.7 Å². The Balaban J connectivity index is 2.87. The van der Waals surface area contributed by atoms with Gasteiger partial charge in [0.1, 0.15) is 5.56 Å². The van der Waals surface area contributed by atoms with Gasteiger partial charge in [0.15, 0.2) is 0 Å². The summed E-state index contributed by atoms with van der Waals surface area (Å²) < 4.78 is 6.68. The van der Waals surface area contributed by atoms with Crippen molar-refractivity contribution in [2.75, 3.05) is 19.5 Å². The second-order valence-electron chi connectivity index (χ2n) is 3.54. The summed E-state index contributed by atoms with van der Waals surface area (Å²) in [5.74, 6) is -0.403. The molecule has 0 saturated carbocycles. The maximum absolute atomic E-state index is 11.7. The van der Waals surface area contributed by atoms with Crippen LogP contribution in [0.4, 0.5) is 5.69 Å². The first-order chi connectivity index (χ1) is 8.60. The van der Waals surface area contributed by atoms with Crippen molar-refractivity contribution in [2.45, 2.75) is 0 Å². The lowest BCUT2D eigenvalue weighted by Gasteiger charge is -2.12. The topological polar surface area (TPSA) is 51.2 Å². The molecule has 0 fully saturated rings. The number of hydrogen-bond acceptors (Lipinski definition) is 4. The highest BCUT2D eigenvalue weighted by Crippen LogP contribution is 2.34. The molecule has 2 aromatic rings. The van der Waals surface area contributed by atoms with Crippen LogP contribution in [-0.2, 0) is 4.74 Å². The van der Waals surface area contributed by atoms with E-state index in [1.807, 2.05) is 12.1 Å². The number of nitrogens with zero attached hydrogens (tertiary/aromatic N) is 1. The van der Waals surface area contributed by atoms with Gasteiger partial charge in [-0.2, -0.15) is 0 Å². The van der Waals surface area contributed by atoms with Crippen LogP contribution in [0.15, 0.2) is 22.8 Å². The number of rotatable bonds is 2. The molecule has 4 nitrogen and oxygen atoms in total. The smallest absolute Gasteiger partial charge is 0.341 e. The Bertz CT molecular complexity index is 631. The molecule has 0 aliphatic rings. The van der Waals surface area contributed by atoms with Crippen molar-refractivity contribution >= 4 is 61.1 Å². The van der Waals surface area contributed by atoms with Crippen molar-refractivity contribution in [3.63, 3.8) is 0 Å². The van der Waals surface area contributed by atoms with Gasteiger partial charge in [0.05, 0.1) is 18.3 Å². The van der Waals surface area contributed by atoms with Gasteiger partial charge < -0.3 is 10.1 Å². The van der Waals surface area contributed by atoms with Gasteiger partial charge in [-0.15, -0.1) is 0 Å². The molecule has 6 heteroatoms. The second kappa shape index (κ2) is 5.40. The standard InChI is InChI=1S/C12H10BrIN2O2/c1-15-10-6(12(17)18-2)5-16-11-8(14)4-3-7(13)9(10)11/h3-5H,1-2H3,(H,15,16). The molecular weight excluding hydrogens is 411 g/mol. The first kappa shape index (κ1) is 13.5. The zero-order valence-corrected chi connectivity index (χ0v) is 13.5. The number of methoxy groups -OCH3 is 1. The van der Waals surface area contributed by atoms with E-state index in [9.17, 15) is 4.79 Å². The zero-order chi connectivity index (χ0) is 13.3. The van der Waals surface area contributed by atoms with Crippen LogP contribution in [0.25, 0.3) is 10.9 Å². The van der Waals surface area contributed by atoms with Crippen LogP contribution in [0.3, 0.4) is 0 Å². The predicted molar refractivity (Wildman–Crippen MR) is 83.0 cm³/mol. The summed E-state index contributed by atoms with van der Waals surface area (Å²) in [6, 6.07) is 3.91. The molecule has 0 amide bonds. The van der Waals surface area contributed by atoms with Gasteiger partial charge >= 0.3 is 5.97 Å². The average molecular weight is 421 g/mol. The molecule has 0 radical (unpaired) electrons. The van der Waals surface area contributed by atoms with Crippen molar-refractivity contribution < 1.29 is 9.53 Å². The van der Waals surface area contributed by atoms with Crippen LogP contribution in [0.5, 0.6) is 0 Å². The summed E-state index contributed by atoms with van der Waals surface area (Å²) in [5.41, 5.74) is 1.99. The van der Waals surface area contributed by atoms with E-state index >= 15 is 0 Å². The van der Waals surface area contributed by atoms with Gasteiger partial charge in [-0.3, -0.25) is 4.98 Å². The van der Waals surface area contributed by atoms with Gasteiger partial charge in [-0.1, -0.05) is 15.9 Å². The molecule has 1 aromatic heterocycles. The molecule has 1 heterocycles. The summed E-state index contributed by atoms with van der Waals surface area (Å²) in [4.78, 5) is 16.1. The van der Waals surface area contributed by atoms with Crippen LogP contribution in [-0.4, -0.2) is 25.1 Å². The molecule has 0 saturated heterocycles. The van der Waals surface area contributed by atoms with Crippen molar-refractivity contribution in [1.29, 1.82) is 0 Å². The van der Waals surface area contributed by atoms with Crippen LogP contribution in [0, 0.1) is 3.57 Å². The highest BCUT2D eigenvalue weighted by molar-refractivity contribution is 14.1. The summed E-state index contributed by atoms with van der Waals surface area (Å²) in [6.45, 7) is 0. The number of esters is 1. The fraction of sp³-hybridized carbons (Fsp3) is 0.167. The first-order valence-electron chi connectivity index (χ1n) is 5.13. The fourth-order valence-corrected chi connectivity index (χ4v) is 2.86. The van der Waals surface area contributed by atoms with E-state index in [0.29, 0.717) is 5.56 Å². The SMILES string of the molecule is CNc1c(C(=O)OC)cnc2c(I)ccc(Br)c12. The second-order valence-corrected chi connectivity index (χ2v) is 5.56.